The molecule has 0 spiro atoms. The van der Waals surface area contributed by atoms with E-state index in [0.29, 0.717) is 11.4 Å². The Morgan fingerprint density at radius 1 is 1.26 bits per heavy atom. The van der Waals surface area contributed by atoms with E-state index in [1.54, 1.807) is 13.0 Å². The van der Waals surface area contributed by atoms with Gasteiger partial charge < -0.3 is 15.4 Å². The minimum absolute atomic E-state index is 0.0848. The number of nitrogens with one attached hydrogen (secondary N) is 2. The predicted octanol–water partition coefficient (Wildman–Crippen LogP) is 1.83. The van der Waals surface area contributed by atoms with E-state index in [9.17, 15) is 14.4 Å². The van der Waals surface area contributed by atoms with Gasteiger partial charge >= 0.3 is 5.97 Å². The van der Waals surface area contributed by atoms with Crippen LogP contribution in [0.2, 0.25) is 0 Å². The zero-order valence-electron chi connectivity index (χ0n) is 13.6. The first-order valence-electron chi connectivity index (χ1n) is 7.30. The van der Waals surface area contributed by atoms with Crippen molar-refractivity contribution in [2.75, 3.05) is 12.4 Å². The van der Waals surface area contributed by atoms with E-state index in [4.69, 9.17) is 4.74 Å². The molecule has 2 amide bonds. The number of ether oxygens (including phenoxy) is 1. The summed E-state index contributed by atoms with van der Waals surface area (Å²) in [4.78, 5) is 36.3. The Kier molecular flexibility index (Phi) is 4.83. The zero-order chi connectivity index (χ0) is 17.1. The number of carbonyl (C=O) groups excluding carboxylic acids is 3. The van der Waals surface area contributed by atoms with E-state index in [0.717, 1.165) is 11.1 Å². The first-order chi connectivity index (χ1) is 10.8. The van der Waals surface area contributed by atoms with Crippen LogP contribution in [0.5, 0.6) is 0 Å². The van der Waals surface area contributed by atoms with Gasteiger partial charge in [-0.05, 0) is 32.4 Å². The Labute approximate surface area is 134 Å². The summed E-state index contributed by atoms with van der Waals surface area (Å²) in [5.74, 6) is -2.16. The number of aryl methyl sites for hydroxylation is 2. The van der Waals surface area contributed by atoms with Crippen LogP contribution in [0.25, 0.3) is 0 Å². The average Bonchev–Trinajstić information content (AvgIpc) is 2.48. The highest BCUT2D eigenvalue weighted by atomic mass is 16.5. The first kappa shape index (κ1) is 16.7. The van der Waals surface area contributed by atoms with Crippen molar-refractivity contribution in [2.24, 2.45) is 5.92 Å². The molecular formula is C17H20N2O4. The maximum Gasteiger partial charge on any atom is 0.336 e. The van der Waals surface area contributed by atoms with Crippen molar-refractivity contribution < 1.29 is 19.1 Å². The summed E-state index contributed by atoms with van der Waals surface area (Å²) in [7, 11) is 1.25. The van der Waals surface area contributed by atoms with Crippen LogP contribution in [-0.4, -0.2) is 24.9 Å². The molecule has 1 aliphatic rings. The summed E-state index contributed by atoms with van der Waals surface area (Å²) in [6.45, 7) is 5.44. The number of hydrogen-bond donors (Lipinski definition) is 2. The summed E-state index contributed by atoms with van der Waals surface area (Å²) < 4.78 is 4.74. The number of methoxy groups -OCH3 is 1. The van der Waals surface area contributed by atoms with Crippen molar-refractivity contribution in [1.29, 1.82) is 0 Å². The molecule has 0 saturated heterocycles. The van der Waals surface area contributed by atoms with Crippen molar-refractivity contribution >= 4 is 23.5 Å². The average molecular weight is 316 g/mol. The van der Waals surface area contributed by atoms with E-state index in [1.165, 1.54) is 7.11 Å². The lowest BCUT2D eigenvalue weighted by Gasteiger charge is -2.25. The van der Waals surface area contributed by atoms with Crippen LogP contribution in [0.3, 0.4) is 0 Å². The highest BCUT2D eigenvalue weighted by Crippen LogP contribution is 2.26. The molecule has 23 heavy (non-hydrogen) atoms. The quantitative estimate of drug-likeness (QED) is 0.833. The number of rotatable bonds is 3. The Balaban J connectivity index is 2.30. The van der Waals surface area contributed by atoms with E-state index in [1.807, 2.05) is 26.0 Å². The van der Waals surface area contributed by atoms with E-state index in [-0.39, 0.29) is 17.9 Å². The van der Waals surface area contributed by atoms with Gasteiger partial charge in [0.05, 0.1) is 18.6 Å². The fourth-order valence-electron chi connectivity index (χ4n) is 2.68. The maximum atomic E-state index is 12.6. The molecule has 0 radical (unpaired) electrons. The maximum absolute atomic E-state index is 12.6. The normalized spacial score (nSPS) is 17.6. The van der Waals surface area contributed by atoms with Gasteiger partial charge in [0.1, 0.15) is 0 Å². The standard InChI is InChI=1S/C17H20N2O4/c1-9-5-6-13(10(2)7-9)19-16(21)12-8-14(20)18-11(3)15(12)17(22)23-4/h5-7,12H,8H2,1-4H3,(H,18,20)(H,19,21)/t12-/m1/s1. The molecular weight excluding hydrogens is 296 g/mol. The Morgan fingerprint density at radius 2 is 1.96 bits per heavy atom. The third kappa shape index (κ3) is 3.59. The third-order valence-electron chi connectivity index (χ3n) is 3.83. The van der Waals surface area contributed by atoms with Crippen LogP contribution in [0.4, 0.5) is 5.69 Å². The molecule has 0 unspecified atom stereocenters. The van der Waals surface area contributed by atoms with Crippen LogP contribution in [0, 0.1) is 19.8 Å². The SMILES string of the molecule is COC(=O)C1=C(C)NC(=O)C[C@H]1C(=O)Nc1ccc(C)cc1C. The minimum Gasteiger partial charge on any atom is -0.466 e. The van der Waals surface area contributed by atoms with Crippen LogP contribution in [-0.2, 0) is 19.1 Å². The van der Waals surface area contributed by atoms with E-state index in [2.05, 4.69) is 10.6 Å². The van der Waals surface area contributed by atoms with Gasteiger partial charge in [-0.2, -0.15) is 0 Å². The minimum atomic E-state index is -0.864. The van der Waals surface area contributed by atoms with Gasteiger partial charge in [0.25, 0.3) is 0 Å². The fourth-order valence-corrected chi connectivity index (χ4v) is 2.68. The molecule has 122 valence electrons. The number of allylic oxidation sites excluding steroid dienone is 1. The molecule has 0 saturated carbocycles. The second kappa shape index (κ2) is 6.64. The summed E-state index contributed by atoms with van der Waals surface area (Å²) >= 11 is 0. The van der Waals surface area contributed by atoms with Gasteiger partial charge in [-0.25, -0.2) is 4.79 Å². The van der Waals surface area contributed by atoms with Gasteiger partial charge in [0, 0.05) is 17.8 Å². The third-order valence-corrected chi connectivity index (χ3v) is 3.83. The zero-order valence-corrected chi connectivity index (χ0v) is 13.6. The second-order valence-corrected chi connectivity index (χ2v) is 5.64. The fraction of sp³-hybridized carbons (Fsp3) is 0.353. The Morgan fingerprint density at radius 3 is 2.57 bits per heavy atom. The van der Waals surface area contributed by atoms with Crippen LogP contribution in [0.15, 0.2) is 29.5 Å². The number of anilines is 1. The molecule has 2 rings (SSSR count). The molecule has 0 fully saturated rings. The van der Waals surface area contributed by atoms with Gasteiger partial charge in [0.2, 0.25) is 11.8 Å². The Hall–Kier alpha value is -2.63. The van der Waals surface area contributed by atoms with Crippen LogP contribution in [0.1, 0.15) is 24.5 Å². The summed E-state index contributed by atoms with van der Waals surface area (Å²) in [5, 5.41) is 5.37. The van der Waals surface area contributed by atoms with Crippen LogP contribution >= 0.6 is 0 Å². The summed E-state index contributed by atoms with van der Waals surface area (Å²) in [6.07, 6.45) is -0.0848. The topological polar surface area (TPSA) is 84.5 Å². The molecule has 0 aliphatic carbocycles. The van der Waals surface area contributed by atoms with Gasteiger partial charge in [-0.3, -0.25) is 9.59 Å². The van der Waals surface area contributed by atoms with Gasteiger partial charge in [0.15, 0.2) is 0 Å². The van der Waals surface area contributed by atoms with Gasteiger partial charge in [-0.15, -0.1) is 0 Å². The highest BCUT2D eigenvalue weighted by Gasteiger charge is 2.36. The lowest BCUT2D eigenvalue weighted by atomic mass is 9.89. The predicted molar refractivity (Wildman–Crippen MR) is 85.5 cm³/mol. The summed E-state index contributed by atoms with van der Waals surface area (Å²) in [5.41, 5.74) is 3.21. The smallest absolute Gasteiger partial charge is 0.336 e. The molecule has 6 nitrogen and oxygen atoms in total. The monoisotopic (exact) mass is 316 g/mol. The summed E-state index contributed by atoms with van der Waals surface area (Å²) in [6, 6.07) is 5.64. The number of benzene rings is 1. The van der Waals surface area contributed by atoms with E-state index >= 15 is 0 Å². The second-order valence-electron chi connectivity index (χ2n) is 5.64. The number of amides is 2. The van der Waals surface area contributed by atoms with Crippen molar-refractivity contribution in [2.45, 2.75) is 27.2 Å². The number of esters is 1. The lowest BCUT2D eigenvalue weighted by Crippen LogP contribution is -2.40. The number of hydrogen-bond acceptors (Lipinski definition) is 4. The van der Waals surface area contributed by atoms with Gasteiger partial charge in [-0.1, -0.05) is 17.7 Å². The van der Waals surface area contributed by atoms with Crippen molar-refractivity contribution in [3.63, 3.8) is 0 Å². The van der Waals surface area contributed by atoms with Crippen LogP contribution < -0.4 is 10.6 Å². The van der Waals surface area contributed by atoms with E-state index < -0.39 is 17.8 Å². The first-order valence-corrected chi connectivity index (χ1v) is 7.30. The Bertz CT molecular complexity index is 707. The van der Waals surface area contributed by atoms with Crippen molar-refractivity contribution in [3.05, 3.63) is 40.6 Å². The molecule has 1 aliphatic heterocycles. The van der Waals surface area contributed by atoms with Crippen molar-refractivity contribution in [1.82, 2.24) is 5.32 Å². The molecule has 1 atom stereocenters. The molecule has 1 aromatic rings. The molecule has 1 heterocycles. The molecule has 0 bridgehead atoms. The molecule has 0 aromatic heterocycles. The molecule has 6 heteroatoms. The lowest BCUT2D eigenvalue weighted by molar-refractivity contribution is -0.139. The number of carbonyl (C=O) groups is 3. The molecule has 1 aromatic carbocycles. The highest BCUT2D eigenvalue weighted by molar-refractivity contribution is 6.06. The largest absolute Gasteiger partial charge is 0.466 e. The van der Waals surface area contributed by atoms with Crippen molar-refractivity contribution in [3.8, 4) is 0 Å². The molecule has 2 N–H and O–H groups in total.